The van der Waals surface area contributed by atoms with E-state index in [0.717, 1.165) is 18.5 Å². The maximum Gasteiger partial charge on any atom is 0.265 e. The van der Waals surface area contributed by atoms with E-state index in [1.165, 1.54) is 14.2 Å². The normalized spacial score (nSPS) is 10.8. The summed E-state index contributed by atoms with van der Waals surface area (Å²) >= 11 is 0. The number of hydrogen-bond donors (Lipinski definition) is 1. The number of anilines is 1. The van der Waals surface area contributed by atoms with Crippen molar-refractivity contribution in [3.8, 4) is 11.5 Å². The van der Waals surface area contributed by atoms with Gasteiger partial charge in [0.15, 0.2) is 0 Å². The molecule has 1 radical (unpaired) electrons. The Hall–Kier alpha value is -1.50. The number of rotatable bonds is 7. The molecule has 0 saturated carbocycles. The fourth-order valence-electron chi connectivity index (χ4n) is 2.48. The summed E-state index contributed by atoms with van der Waals surface area (Å²) in [4.78, 5) is 12.6. The van der Waals surface area contributed by atoms with Gasteiger partial charge in [0.1, 0.15) is 17.1 Å². The van der Waals surface area contributed by atoms with Gasteiger partial charge in [0, 0.05) is 41.0 Å². The third kappa shape index (κ3) is 4.57. The predicted octanol–water partition coefficient (Wildman–Crippen LogP) is 3.64. The molecule has 1 aromatic carbocycles. The van der Waals surface area contributed by atoms with Crippen LogP contribution in [0.5, 0.6) is 11.5 Å². The van der Waals surface area contributed by atoms with E-state index in [1.54, 1.807) is 24.3 Å². The molecule has 0 unspecified atom stereocenters. The quantitative estimate of drug-likeness (QED) is 0.768. The molecule has 6 nitrogen and oxygen atoms in total. The third-order valence-corrected chi connectivity index (χ3v) is 4.58. The van der Waals surface area contributed by atoms with E-state index in [-0.39, 0.29) is 40.9 Å². The Morgan fingerprint density at radius 3 is 2.24 bits per heavy atom. The summed E-state index contributed by atoms with van der Waals surface area (Å²) in [6, 6.07) is 6.94. The van der Waals surface area contributed by atoms with Gasteiger partial charge in [-0.3, -0.25) is 10.1 Å². The first-order chi connectivity index (χ1) is 11.5. The second kappa shape index (κ2) is 9.27. The summed E-state index contributed by atoms with van der Waals surface area (Å²) < 4.78 is 15.8. The van der Waals surface area contributed by atoms with E-state index < -0.39 is 0 Å². The van der Waals surface area contributed by atoms with E-state index >= 15 is 0 Å². The number of carbonyl (C=O) groups excluding carboxylic acids is 1. The molecular weight excluding hydrogens is 331 g/mol. The standard InChI is InChI=1S/C18H24N2O4.Na/c1-6-18(3,7-2)14-11-15(24-20-14)19-17(21)16-12(22-4)9-8-10-13(16)23-5;/h8-11H,6-7H2,1-5H3,(H,19,21);. The number of hydrogen-bond acceptors (Lipinski definition) is 5. The molecule has 0 spiro atoms. The second-order valence-electron chi connectivity index (χ2n) is 5.84. The summed E-state index contributed by atoms with van der Waals surface area (Å²) in [6.07, 6.45) is 1.87. The molecule has 0 fully saturated rings. The monoisotopic (exact) mass is 355 g/mol. The molecule has 0 aliphatic heterocycles. The number of aromatic nitrogens is 1. The van der Waals surface area contributed by atoms with Gasteiger partial charge in [-0.15, -0.1) is 0 Å². The minimum atomic E-state index is -0.373. The topological polar surface area (TPSA) is 73.6 Å². The molecule has 0 aliphatic rings. The fraction of sp³-hybridized carbons (Fsp3) is 0.444. The maximum absolute atomic E-state index is 12.6. The first-order valence-corrected chi connectivity index (χ1v) is 7.98. The van der Waals surface area contributed by atoms with Crippen LogP contribution in [0.15, 0.2) is 28.8 Å². The summed E-state index contributed by atoms with van der Waals surface area (Å²) in [5, 5.41) is 6.83. The van der Waals surface area contributed by atoms with Crippen molar-refractivity contribution in [2.24, 2.45) is 0 Å². The number of amides is 1. The molecule has 1 amide bonds. The zero-order valence-electron chi connectivity index (χ0n) is 15.8. The van der Waals surface area contributed by atoms with Crippen molar-refractivity contribution < 1.29 is 18.8 Å². The summed E-state index contributed by atoms with van der Waals surface area (Å²) in [5.41, 5.74) is 1.07. The van der Waals surface area contributed by atoms with Crippen molar-refractivity contribution in [1.29, 1.82) is 0 Å². The Labute approximate surface area is 170 Å². The molecule has 131 valence electrons. The first kappa shape index (κ1) is 21.5. The van der Waals surface area contributed by atoms with E-state index in [1.807, 2.05) is 0 Å². The van der Waals surface area contributed by atoms with Gasteiger partial charge in [-0.05, 0) is 25.0 Å². The second-order valence-corrected chi connectivity index (χ2v) is 5.84. The number of nitrogens with zero attached hydrogens (tertiary/aromatic N) is 1. The van der Waals surface area contributed by atoms with Crippen molar-refractivity contribution in [2.75, 3.05) is 19.5 Å². The van der Waals surface area contributed by atoms with Crippen molar-refractivity contribution in [3.63, 3.8) is 0 Å². The van der Waals surface area contributed by atoms with E-state index in [9.17, 15) is 4.79 Å². The minimum absolute atomic E-state index is 0. The molecule has 2 aromatic rings. The van der Waals surface area contributed by atoms with Gasteiger partial charge < -0.3 is 14.0 Å². The van der Waals surface area contributed by atoms with Gasteiger partial charge in [-0.1, -0.05) is 32.0 Å². The molecule has 2 rings (SSSR count). The van der Waals surface area contributed by atoms with Crippen LogP contribution in [0.3, 0.4) is 0 Å². The Morgan fingerprint density at radius 2 is 1.76 bits per heavy atom. The summed E-state index contributed by atoms with van der Waals surface area (Å²) in [6.45, 7) is 6.34. The fourth-order valence-corrected chi connectivity index (χ4v) is 2.48. The van der Waals surface area contributed by atoms with Gasteiger partial charge in [0.2, 0.25) is 5.88 Å². The van der Waals surface area contributed by atoms with Crippen LogP contribution in [0.1, 0.15) is 49.7 Å². The SMILES string of the molecule is CCC(C)(CC)c1cc(NC(=O)c2c(OC)cccc2OC)on1.[Na]. The Bertz CT molecular complexity index is 689. The van der Waals surface area contributed by atoms with Gasteiger partial charge in [-0.25, -0.2) is 0 Å². The average molecular weight is 355 g/mol. The number of nitrogens with one attached hydrogen (secondary N) is 1. The maximum atomic E-state index is 12.6. The van der Waals surface area contributed by atoms with E-state index in [0.29, 0.717) is 22.9 Å². The van der Waals surface area contributed by atoms with Crippen molar-refractivity contribution in [2.45, 2.75) is 39.0 Å². The Balaban J connectivity index is 0.00000312. The largest absolute Gasteiger partial charge is 0.496 e. The molecule has 0 aliphatic carbocycles. The van der Waals surface area contributed by atoms with Crippen LogP contribution in [-0.4, -0.2) is 54.8 Å². The molecule has 1 N–H and O–H groups in total. The third-order valence-electron chi connectivity index (χ3n) is 4.58. The Morgan fingerprint density at radius 1 is 1.20 bits per heavy atom. The van der Waals surface area contributed by atoms with Gasteiger partial charge in [-0.2, -0.15) is 0 Å². The molecular formula is C18H24N2NaO4. The smallest absolute Gasteiger partial charge is 0.265 e. The molecule has 1 aromatic heterocycles. The zero-order chi connectivity index (χ0) is 17.7. The van der Waals surface area contributed by atoms with Gasteiger partial charge in [0.05, 0.1) is 19.9 Å². The molecule has 25 heavy (non-hydrogen) atoms. The van der Waals surface area contributed by atoms with Crippen LogP contribution >= 0.6 is 0 Å². The van der Waals surface area contributed by atoms with Gasteiger partial charge >= 0.3 is 0 Å². The summed E-state index contributed by atoms with van der Waals surface area (Å²) in [7, 11) is 3.01. The first-order valence-electron chi connectivity index (χ1n) is 7.98. The van der Waals surface area contributed by atoms with Crippen LogP contribution in [0.25, 0.3) is 0 Å². The molecule has 0 saturated heterocycles. The van der Waals surface area contributed by atoms with E-state index in [2.05, 4.69) is 31.2 Å². The minimum Gasteiger partial charge on any atom is -0.496 e. The zero-order valence-corrected chi connectivity index (χ0v) is 17.8. The molecule has 7 heteroatoms. The van der Waals surface area contributed by atoms with Crippen LogP contribution in [-0.2, 0) is 5.41 Å². The molecule has 1 heterocycles. The van der Waals surface area contributed by atoms with Crippen LogP contribution < -0.4 is 14.8 Å². The number of carbonyl (C=O) groups is 1. The predicted molar refractivity (Wildman–Crippen MR) is 97.7 cm³/mol. The summed E-state index contributed by atoms with van der Waals surface area (Å²) in [5.74, 6) is 0.787. The van der Waals surface area contributed by atoms with Crippen molar-refractivity contribution in [3.05, 3.63) is 35.5 Å². The van der Waals surface area contributed by atoms with Crippen molar-refractivity contribution >= 4 is 41.3 Å². The van der Waals surface area contributed by atoms with Crippen LogP contribution in [0.4, 0.5) is 5.88 Å². The van der Waals surface area contributed by atoms with Crippen molar-refractivity contribution in [1.82, 2.24) is 5.16 Å². The van der Waals surface area contributed by atoms with Crippen LogP contribution in [0, 0.1) is 0 Å². The molecule has 0 bridgehead atoms. The van der Waals surface area contributed by atoms with E-state index in [4.69, 9.17) is 14.0 Å². The average Bonchev–Trinajstić information content (AvgIpc) is 3.09. The number of ether oxygens (including phenoxy) is 2. The number of methoxy groups -OCH3 is 2. The number of benzene rings is 1. The Kier molecular flexibility index (Phi) is 7.99. The van der Waals surface area contributed by atoms with Gasteiger partial charge in [0.25, 0.3) is 5.91 Å². The molecule has 0 atom stereocenters. The van der Waals surface area contributed by atoms with Crippen LogP contribution in [0.2, 0.25) is 0 Å².